The summed E-state index contributed by atoms with van der Waals surface area (Å²) in [5.41, 5.74) is 1.48. The fraction of sp³-hybridized carbons (Fsp3) is 0.241. The number of carbonyl (C=O) groups is 2. The molecule has 4 atom stereocenters. The number of phenolic OH excluding ortho intramolecular Hbond substituents is 1. The average Bonchev–Trinajstić information content (AvgIpc) is 3.22. The number of ether oxygens (including phenoxy) is 1. The molecule has 41 heavy (non-hydrogen) atoms. The second-order valence-electron chi connectivity index (χ2n) is 10.3. The van der Waals surface area contributed by atoms with Crippen molar-refractivity contribution in [3.05, 3.63) is 104 Å². The number of non-ortho nitro benzene ring substituents is 1. The van der Waals surface area contributed by atoms with E-state index in [0.717, 1.165) is 4.90 Å². The van der Waals surface area contributed by atoms with E-state index in [-0.39, 0.29) is 36.6 Å². The molecule has 3 aliphatic rings. The Labute approximate surface area is 243 Å². The van der Waals surface area contributed by atoms with E-state index in [9.17, 15) is 29.8 Å². The van der Waals surface area contributed by atoms with Gasteiger partial charge in [-0.25, -0.2) is 4.90 Å². The zero-order valence-electron chi connectivity index (χ0n) is 21.6. The van der Waals surface area contributed by atoms with Crippen molar-refractivity contribution in [1.29, 1.82) is 0 Å². The molecule has 1 aliphatic carbocycles. The van der Waals surface area contributed by atoms with Gasteiger partial charge in [0.15, 0.2) is 0 Å². The third-order valence-electron chi connectivity index (χ3n) is 8.00. The third-order valence-corrected chi connectivity index (χ3v) is 8.50. The normalized spacial score (nSPS) is 23.9. The maximum Gasteiger partial charge on any atom is 0.487 e. The number of imide groups is 1. The van der Waals surface area contributed by atoms with Gasteiger partial charge in [-0.3, -0.25) is 19.7 Å². The van der Waals surface area contributed by atoms with Crippen LogP contribution in [0.2, 0.25) is 0 Å². The zero-order chi connectivity index (χ0) is 28.8. The topological polar surface area (TPSA) is 139 Å². The lowest BCUT2D eigenvalue weighted by Gasteiger charge is -2.42. The molecule has 6 rings (SSSR count). The van der Waals surface area contributed by atoms with Gasteiger partial charge in [0.1, 0.15) is 18.1 Å². The molecule has 0 saturated carbocycles. The van der Waals surface area contributed by atoms with Crippen LogP contribution in [0.3, 0.4) is 0 Å². The highest BCUT2D eigenvalue weighted by Gasteiger charge is 2.58. The van der Waals surface area contributed by atoms with E-state index in [1.807, 2.05) is 18.2 Å². The van der Waals surface area contributed by atoms with Crippen molar-refractivity contribution in [2.45, 2.75) is 18.9 Å². The summed E-state index contributed by atoms with van der Waals surface area (Å²) in [6, 6.07) is 19.4. The molecule has 2 amide bonds. The number of carbonyl (C=O) groups excluding carboxylic acids is 2. The van der Waals surface area contributed by atoms with Gasteiger partial charge in [0, 0.05) is 22.2 Å². The van der Waals surface area contributed by atoms with E-state index in [2.05, 4.69) is 15.9 Å². The van der Waals surface area contributed by atoms with E-state index in [4.69, 9.17) is 9.39 Å². The summed E-state index contributed by atoms with van der Waals surface area (Å²) >= 11 is 3.40. The number of nitrogens with zero attached hydrogens (tertiary/aromatic N) is 2. The van der Waals surface area contributed by atoms with Gasteiger partial charge >= 0.3 is 7.12 Å². The minimum atomic E-state index is -1.40. The lowest BCUT2D eigenvalue weighted by Crippen LogP contribution is -2.45. The smallest absolute Gasteiger partial charge is 0.487 e. The second kappa shape index (κ2) is 10.8. The molecule has 2 fully saturated rings. The van der Waals surface area contributed by atoms with Gasteiger partial charge in [-0.15, -0.1) is 0 Å². The number of nitro benzene ring substituents is 1. The summed E-state index contributed by atoms with van der Waals surface area (Å²) in [4.78, 5) is 39.6. The number of fused-ring (bicyclic) bond motifs is 3. The molecular formula is C29H24BBrN2O8. The van der Waals surface area contributed by atoms with Gasteiger partial charge in [-0.1, -0.05) is 40.2 Å². The van der Waals surface area contributed by atoms with Crippen LogP contribution in [0.1, 0.15) is 24.5 Å². The maximum absolute atomic E-state index is 13.9. The fourth-order valence-corrected chi connectivity index (χ4v) is 6.59. The van der Waals surface area contributed by atoms with Crippen LogP contribution in [0.25, 0.3) is 0 Å². The van der Waals surface area contributed by atoms with Crippen LogP contribution in [0.15, 0.2) is 88.3 Å². The molecule has 2 N–H and O–H groups in total. The highest BCUT2D eigenvalue weighted by Crippen LogP contribution is 2.53. The lowest BCUT2D eigenvalue weighted by atomic mass is 9.55. The SMILES string of the molecule is O=C1[C@H]2[C@H](CC(COc3ccccc3)=C3B(O)O[C@H](c4cc(Br)ccc4O)C[C@H]32)C(=O)N1c1cccc([N+](=O)[O-])c1. The first-order chi connectivity index (χ1) is 19.7. The molecule has 10 nitrogen and oxygen atoms in total. The number of halogens is 1. The number of nitro groups is 1. The van der Waals surface area contributed by atoms with Crippen LogP contribution >= 0.6 is 15.9 Å². The summed E-state index contributed by atoms with van der Waals surface area (Å²) in [6.07, 6.45) is -0.387. The minimum Gasteiger partial charge on any atom is -0.508 e. The molecule has 0 radical (unpaired) electrons. The van der Waals surface area contributed by atoms with Crippen LogP contribution in [0, 0.1) is 27.9 Å². The van der Waals surface area contributed by atoms with E-state index in [1.54, 1.807) is 24.3 Å². The van der Waals surface area contributed by atoms with Gasteiger partial charge in [0.2, 0.25) is 11.8 Å². The van der Waals surface area contributed by atoms with Gasteiger partial charge < -0.3 is 19.5 Å². The van der Waals surface area contributed by atoms with Gasteiger partial charge in [0.25, 0.3) is 5.69 Å². The second-order valence-corrected chi connectivity index (χ2v) is 11.2. The zero-order valence-corrected chi connectivity index (χ0v) is 23.1. The van der Waals surface area contributed by atoms with E-state index >= 15 is 0 Å². The van der Waals surface area contributed by atoms with Crippen molar-refractivity contribution in [2.75, 3.05) is 11.5 Å². The molecule has 0 spiro atoms. The Morgan fingerprint density at radius 2 is 1.83 bits per heavy atom. The van der Waals surface area contributed by atoms with Gasteiger partial charge in [0.05, 0.1) is 28.6 Å². The van der Waals surface area contributed by atoms with E-state index in [0.29, 0.717) is 26.8 Å². The number of anilines is 1. The average molecular weight is 619 g/mol. The summed E-state index contributed by atoms with van der Waals surface area (Å²) in [5.74, 6) is -2.55. The van der Waals surface area contributed by atoms with Crippen LogP contribution in [0.4, 0.5) is 11.4 Å². The predicted molar refractivity (Wildman–Crippen MR) is 152 cm³/mol. The molecule has 2 heterocycles. The van der Waals surface area contributed by atoms with Crippen molar-refractivity contribution in [2.24, 2.45) is 17.8 Å². The number of para-hydroxylation sites is 1. The van der Waals surface area contributed by atoms with Crippen molar-refractivity contribution < 1.29 is 34.0 Å². The summed E-state index contributed by atoms with van der Waals surface area (Å²) in [6.45, 7) is 0.0740. The predicted octanol–water partition coefficient (Wildman–Crippen LogP) is 4.75. The van der Waals surface area contributed by atoms with Crippen molar-refractivity contribution in [1.82, 2.24) is 0 Å². The Bertz CT molecular complexity index is 1580. The third kappa shape index (κ3) is 4.92. The minimum absolute atomic E-state index is 0.0233. The van der Waals surface area contributed by atoms with Crippen LogP contribution in [0.5, 0.6) is 11.5 Å². The molecule has 3 aromatic carbocycles. The Morgan fingerprint density at radius 1 is 1.05 bits per heavy atom. The highest BCUT2D eigenvalue weighted by molar-refractivity contribution is 9.10. The fourth-order valence-electron chi connectivity index (χ4n) is 6.21. The lowest BCUT2D eigenvalue weighted by molar-refractivity contribution is -0.384. The monoisotopic (exact) mass is 618 g/mol. The maximum atomic E-state index is 13.9. The molecule has 0 aromatic heterocycles. The number of aromatic hydroxyl groups is 1. The van der Waals surface area contributed by atoms with Crippen LogP contribution in [-0.4, -0.2) is 40.6 Å². The molecule has 0 bridgehead atoms. The Kier molecular flexibility index (Phi) is 7.14. The van der Waals surface area contributed by atoms with Crippen molar-refractivity contribution >= 4 is 46.2 Å². The number of hydrogen-bond acceptors (Lipinski definition) is 8. The number of amides is 2. The van der Waals surface area contributed by atoms with Crippen LogP contribution < -0.4 is 9.64 Å². The molecule has 3 aromatic rings. The largest absolute Gasteiger partial charge is 0.508 e. The number of hydrogen-bond donors (Lipinski definition) is 2. The first kappa shape index (κ1) is 27.2. The number of phenols is 1. The summed E-state index contributed by atoms with van der Waals surface area (Å²) < 4.78 is 12.7. The van der Waals surface area contributed by atoms with Crippen molar-refractivity contribution in [3.63, 3.8) is 0 Å². The van der Waals surface area contributed by atoms with Crippen molar-refractivity contribution in [3.8, 4) is 11.5 Å². The molecule has 208 valence electrons. The summed E-state index contributed by atoms with van der Waals surface area (Å²) in [7, 11) is -1.40. The number of allylic oxidation sites excluding steroid dienone is 1. The Balaban J connectivity index is 1.40. The molecular weight excluding hydrogens is 595 g/mol. The molecule has 0 unspecified atom stereocenters. The van der Waals surface area contributed by atoms with Gasteiger partial charge in [-0.05, 0) is 66.2 Å². The molecule has 2 saturated heterocycles. The van der Waals surface area contributed by atoms with Gasteiger partial charge in [-0.2, -0.15) is 0 Å². The standard InChI is InChI=1S/C29H24BBrN2O8/c31-17-9-10-24(34)21(12-17)25-14-22-26-23(28(35)32(29(26)36)18-5-4-6-19(13-18)33(38)39)11-16(27(22)30(37)41-25)15-40-20-7-2-1-3-8-20/h1-10,12-13,22-23,25-26,34,37H,11,14-15H2/t22-,23-,25-,26+/m0/s1. The van der Waals surface area contributed by atoms with E-state index < -0.39 is 47.7 Å². The Hall–Kier alpha value is -4.00. The first-order valence-corrected chi connectivity index (χ1v) is 13.9. The van der Waals surface area contributed by atoms with Crippen LogP contribution in [-0.2, 0) is 14.2 Å². The molecule has 2 aliphatic heterocycles. The number of benzene rings is 3. The quantitative estimate of drug-likeness (QED) is 0.175. The van der Waals surface area contributed by atoms with E-state index in [1.165, 1.54) is 30.3 Å². The summed E-state index contributed by atoms with van der Waals surface area (Å²) in [5, 5.41) is 33.3. The molecule has 12 heteroatoms. The first-order valence-electron chi connectivity index (χ1n) is 13.1. The Morgan fingerprint density at radius 3 is 2.59 bits per heavy atom. The number of rotatable bonds is 6. The highest BCUT2D eigenvalue weighted by atomic mass is 79.9.